The number of fused-ring (bicyclic) bond motifs is 3. The van der Waals surface area contributed by atoms with Crippen LogP contribution in [-0.2, 0) is 11.3 Å². The van der Waals surface area contributed by atoms with Crippen molar-refractivity contribution in [3.8, 4) is 0 Å². The van der Waals surface area contributed by atoms with E-state index in [1.54, 1.807) is 6.92 Å². The van der Waals surface area contributed by atoms with E-state index in [0.29, 0.717) is 16.0 Å². The molecule has 7 heteroatoms. The summed E-state index contributed by atoms with van der Waals surface area (Å²) in [6.07, 6.45) is 1.95. The van der Waals surface area contributed by atoms with E-state index in [2.05, 4.69) is 26.8 Å². The highest BCUT2D eigenvalue weighted by molar-refractivity contribution is 6.45. The van der Waals surface area contributed by atoms with E-state index in [1.807, 2.05) is 6.07 Å². The van der Waals surface area contributed by atoms with E-state index in [9.17, 15) is 4.79 Å². The number of halogens is 2. The molecule has 1 unspecified atom stereocenters. The Kier molecular flexibility index (Phi) is 4.21. The summed E-state index contributed by atoms with van der Waals surface area (Å²) in [6.45, 7) is 4.19. The Morgan fingerprint density at radius 3 is 2.75 bits per heavy atom. The van der Waals surface area contributed by atoms with Crippen LogP contribution < -0.4 is 16.2 Å². The summed E-state index contributed by atoms with van der Waals surface area (Å²) in [7, 11) is 0. The lowest BCUT2D eigenvalue weighted by Gasteiger charge is -2.28. The van der Waals surface area contributed by atoms with E-state index < -0.39 is 0 Å². The molecule has 1 aromatic heterocycles. The first-order chi connectivity index (χ1) is 11.6. The predicted octanol–water partition coefficient (Wildman–Crippen LogP) is 3.11. The van der Waals surface area contributed by atoms with Gasteiger partial charge in [-0.05, 0) is 24.5 Å². The minimum absolute atomic E-state index is 0.00328. The van der Waals surface area contributed by atoms with Crippen molar-refractivity contribution in [2.45, 2.75) is 38.3 Å². The highest BCUT2D eigenvalue weighted by Gasteiger charge is 2.33. The third kappa shape index (κ3) is 2.51. The molecule has 2 aromatic rings. The Morgan fingerprint density at radius 2 is 2.04 bits per heavy atom. The third-order valence-corrected chi connectivity index (χ3v) is 5.80. The molecule has 0 radical (unpaired) electrons. The molecule has 3 heterocycles. The molecule has 5 nitrogen and oxygen atoms in total. The van der Waals surface area contributed by atoms with Gasteiger partial charge in [-0.15, -0.1) is 0 Å². The Hall–Kier alpha value is -1.27. The van der Waals surface area contributed by atoms with Gasteiger partial charge in [0, 0.05) is 43.6 Å². The smallest absolute Gasteiger partial charge is 0.217 e. The number of aryl methyl sites for hydroxylation is 1. The number of amides is 1. The zero-order valence-corrected chi connectivity index (χ0v) is 15.0. The van der Waals surface area contributed by atoms with Gasteiger partial charge >= 0.3 is 0 Å². The maximum atomic E-state index is 11.7. The van der Waals surface area contributed by atoms with Gasteiger partial charge < -0.3 is 9.88 Å². The van der Waals surface area contributed by atoms with Crippen molar-refractivity contribution in [3.05, 3.63) is 33.4 Å². The molecule has 0 bridgehead atoms. The second-order valence-electron chi connectivity index (χ2n) is 6.56. The number of aromatic nitrogens is 1. The van der Waals surface area contributed by atoms with E-state index in [1.165, 1.54) is 11.3 Å². The van der Waals surface area contributed by atoms with Gasteiger partial charge in [0.25, 0.3) is 0 Å². The van der Waals surface area contributed by atoms with Crippen LogP contribution in [0.25, 0.3) is 10.9 Å². The van der Waals surface area contributed by atoms with Crippen molar-refractivity contribution in [1.82, 2.24) is 20.7 Å². The molecule has 4 rings (SSSR count). The number of carbonyl (C=O) groups is 1. The van der Waals surface area contributed by atoms with Crippen LogP contribution in [0.2, 0.25) is 10.0 Å². The number of nitrogens with one attached hydrogen (secondary N) is 3. The lowest BCUT2D eigenvalue weighted by atomic mass is 9.91. The Labute approximate surface area is 150 Å². The molecule has 2 aliphatic rings. The molecule has 0 saturated carbocycles. The lowest BCUT2D eigenvalue weighted by Crippen LogP contribution is -2.32. The number of benzene rings is 1. The Morgan fingerprint density at radius 1 is 1.29 bits per heavy atom. The quantitative estimate of drug-likeness (QED) is 0.765. The summed E-state index contributed by atoms with van der Waals surface area (Å²) < 4.78 is 2.27. The molecule has 1 atom stereocenters. The number of hydrogen-bond donors (Lipinski definition) is 3. The van der Waals surface area contributed by atoms with Crippen LogP contribution in [0.3, 0.4) is 0 Å². The largest absolute Gasteiger partial charge is 0.348 e. The minimum atomic E-state index is -0.00328. The third-order valence-electron chi connectivity index (χ3n) is 5.01. The Bertz CT molecular complexity index is 811. The molecule has 1 amide bonds. The van der Waals surface area contributed by atoms with Crippen LogP contribution in [0.15, 0.2) is 12.1 Å². The van der Waals surface area contributed by atoms with Gasteiger partial charge in [-0.1, -0.05) is 29.3 Å². The van der Waals surface area contributed by atoms with Crippen molar-refractivity contribution >= 4 is 40.0 Å². The molecule has 0 aliphatic carbocycles. The van der Waals surface area contributed by atoms with Gasteiger partial charge in [0.2, 0.25) is 5.91 Å². The molecule has 0 spiro atoms. The Balaban J connectivity index is 2.00. The van der Waals surface area contributed by atoms with Gasteiger partial charge in [0.15, 0.2) is 0 Å². The first kappa shape index (κ1) is 16.2. The summed E-state index contributed by atoms with van der Waals surface area (Å²) >= 11 is 12.8. The number of rotatable bonds is 2. The average Bonchev–Trinajstić information content (AvgIpc) is 3.16. The van der Waals surface area contributed by atoms with Crippen molar-refractivity contribution in [3.63, 3.8) is 0 Å². The number of hydrogen-bond acceptors (Lipinski definition) is 3. The second-order valence-corrected chi connectivity index (χ2v) is 7.35. The van der Waals surface area contributed by atoms with Crippen LogP contribution in [0.4, 0.5) is 0 Å². The lowest BCUT2D eigenvalue weighted by molar-refractivity contribution is -0.119. The van der Waals surface area contributed by atoms with Gasteiger partial charge in [-0.3, -0.25) is 15.6 Å². The van der Waals surface area contributed by atoms with Gasteiger partial charge in [0.05, 0.1) is 21.6 Å². The molecule has 1 saturated heterocycles. The zero-order valence-electron chi connectivity index (χ0n) is 13.5. The number of nitrogens with zero attached hydrogens (tertiary/aromatic N) is 1. The first-order valence-electron chi connectivity index (χ1n) is 8.30. The van der Waals surface area contributed by atoms with E-state index in [-0.39, 0.29) is 11.9 Å². The van der Waals surface area contributed by atoms with Crippen LogP contribution in [0.1, 0.15) is 43.0 Å². The van der Waals surface area contributed by atoms with E-state index in [4.69, 9.17) is 23.2 Å². The minimum Gasteiger partial charge on any atom is -0.348 e. The monoisotopic (exact) mass is 366 g/mol. The normalized spacial score (nSPS) is 21.2. The predicted molar refractivity (Wildman–Crippen MR) is 96.5 cm³/mol. The fourth-order valence-electron chi connectivity index (χ4n) is 4.11. The van der Waals surface area contributed by atoms with Crippen molar-refractivity contribution in [1.29, 1.82) is 0 Å². The SMILES string of the molecule is CC(=O)NC1CCCn2c1c(C1CNNC1)c1ccc(Cl)c(Cl)c12. The highest BCUT2D eigenvalue weighted by Crippen LogP contribution is 2.44. The van der Waals surface area contributed by atoms with Crippen LogP contribution in [0, 0.1) is 0 Å². The van der Waals surface area contributed by atoms with Gasteiger partial charge in [-0.25, -0.2) is 0 Å². The maximum absolute atomic E-state index is 11.7. The zero-order chi connectivity index (χ0) is 16.8. The summed E-state index contributed by atoms with van der Waals surface area (Å²) in [6, 6.07) is 3.95. The fraction of sp³-hybridized carbons (Fsp3) is 0.471. The summed E-state index contributed by atoms with van der Waals surface area (Å²) in [5.41, 5.74) is 9.88. The molecule has 1 aromatic carbocycles. The molecule has 2 aliphatic heterocycles. The first-order valence-corrected chi connectivity index (χ1v) is 9.06. The van der Waals surface area contributed by atoms with Crippen molar-refractivity contribution in [2.24, 2.45) is 0 Å². The van der Waals surface area contributed by atoms with Crippen molar-refractivity contribution < 1.29 is 4.79 Å². The molecule has 24 heavy (non-hydrogen) atoms. The molecule has 3 N–H and O–H groups in total. The fourth-order valence-corrected chi connectivity index (χ4v) is 4.52. The molecular formula is C17H20Cl2N4O. The average molecular weight is 367 g/mol. The summed E-state index contributed by atoms with van der Waals surface area (Å²) in [5, 5.41) is 5.44. The maximum Gasteiger partial charge on any atom is 0.217 e. The van der Waals surface area contributed by atoms with E-state index in [0.717, 1.165) is 43.4 Å². The highest BCUT2D eigenvalue weighted by atomic mass is 35.5. The standard InChI is InChI=1S/C17H20Cl2N4O/c1-9(24)22-13-3-2-6-23-16-11(4-5-12(18)15(16)19)14(17(13)23)10-7-20-21-8-10/h4-5,10,13,20-21H,2-3,6-8H2,1H3,(H,22,24). The number of carbonyl (C=O) groups excluding carboxylic acids is 1. The molecule has 128 valence electrons. The summed E-state index contributed by atoms with van der Waals surface area (Å²) in [5.74, 6) is 0.340. The van der Waals surface area contributed by atoms with Crippen LogP contribution in [-0.4, -0.2) is 23.6 Å². The molecular weight excluding hydrogens is 347 g/mol. The topological polar surface area (TPSA) is 58.1 Å². The van der Waals surface area contributed by atoms with Crippen LogP contribution in [0.5, 0.6) is 0 Å². The summed E-state index contributed by atoms with van der Waals surface area (Å²) in [4.78, 5) is 11.7. The van der Waals surface area contributed by atoms with Crippen molar-refractivity contribution in [2.75, 3.05) is 13.1 Å². The van der Waals surface area contributed by atoms with Crippen LogP contribution >= 0.6 is 23.2 Å². The second kappa shape index (κ2) is 6.23. The van der Waals surface area contributed by atoms with Gasteiger partial charge in [-0.2, -0.15) is 0 Å². The van der Waals surface area contributed by atoms with E-state index >= 15 is 0 Å². The van der Waals surface area contributed by atoms with Gasteiger partial charge in [0.1, 0.15) is 0 Å². The number of hydrazine groups is 1. The molecule has 1 fully saturated rings.